The van der Waals surface area contributed by atoms with E-state index in [-0.39, 0.29) is 24.1 Å². The van der Waals surface area contributed by atoms with Gasteiger partial charge in [-0.05, 0) is 25.8 Å². The van der Waals surface area contributed by atoms with E-state index in [2.05, 4.69) is 10.3 Å². The Labute approximate surface area is 107 Å². The quantitative estimate of drug-likeness (QED) is 0.744. The van der Waals surface area contributed by atoms with Gasteiger partial charge >= 0.3 is 5.97 Å². The molecule has 1 unspecified atom stereocenters. The number of nitrogens with one attached hydrogen (secondary N) is 1. The molecule has 0 saturated heterocycles. The van der Waals surface area contributed by atoms with Gasteiger partial charge in [-0.1, -0.05) is 13.8 Å². The Hall–Kier alpha value is -1.62. The van der Waals surface area contributed by atoms with Gasteiger partial charge in [-0.25, -0.2) is 4.79 Å². The molecule has 1 heterocycles. The summed E-state index contributed by atoms with van der Waals surface area (Å²) < 4.78 is 0. The number of carboxylic acid groups (broad SMARTS) is 1. The van der Waals surface area contributed by atoms with Gasteiger partial charge in [0.1, 0.15) is 5.56 Å². The Bertz CT molecular complexity index is 444. The highest BCUT2D eigenvalue weighted by atomic mass is 16.4. The molecule has 0 bridgehead atoms. The molecule has 0 spiro atoms. The van der Waals surface area contributed by atoms with Crippen LogP contribution >= 0.6 is 0 Å². The van der Waals surface area contributed by atoms with Crippen LogP contribution in [-0.2, 0) is 0 Å². The Morgan fingerprint density at radius 1 is 1.44 bits per heavy atom. The van der Waals surface area contributed by atoms with E-state index in [0.717, 1.165) is 5.69 Å². The summed E-state index contributed by atoms with van der Waals surface area (Å²) in [5.74, 6) is -0.812. The Balaban J connectivity index is 3.18. The maximum atomic E-state index is 11.3. The zero-order chi connectivity index (χ0) is 13.9. The number of aryl methyl sites for hydroxylation is 2. The van der Waals surface area contributed by atoms with Crippen molar-refractivity contribution in [2.24, 2.45) is 5.92 Å². The molecule has 100 valence electrons. The van der Waals surface area contributed by atoms with E-state index < -0.39 is 5.97 Å². The lowest BCUT2D eigenvalue weighted by Crippen LogP contribution is -2.30. The number of pyridine rings is 1. The molecule has 1 atom stereocenters. The van der Waals surface area contributed by atoms with Gasteiger partial charge in [-0.3, -0.25) is 4.98 Å². The van der Waals surface area contributed by atoms with Gasteiger partial charge in [-0.2, -0.15) is 0 Å². The van der Waals surface area contributed by atoms with Crippen molar-refractivity contribution < 1.29 is 15.0 Å². The zero-order valence-corrected chi connectivity index (χ0v) is 11.2. The van der Waals surface area contributed by atoms with E-state index in [9.17, 15) is 15.0 Å². The Kier molecular flexibility index (Phi) is 4.67. The predicted molar refractivity (Wildman–Crippen MR) is 70.0 cm³/mol. The van der Waals surface area contributed by atoms with E-state index >= 15 is 0 Å². The first-order chi connectivity index (χ1) is 8.36. The highest BCUT2D eigenvalue weighted by Crippen LogP contribution is 2.22. The molecule has 1 aromatic heterocycles. The summed E-state index contributed by atoms with van der Waals surface area (Å²) in [6, 6.07) is 1.52. The minimum atomic E-state index is -1.01. The number of anilines is 1. The normalized spacial score (nSPS) is 12.6. The maximum Gasteiger partial charge on any atom is 0.339 e. The first-order valence-corrected chi connectivity index (χ1v) is 5.95. The fourth-order valence-electron chi connectivity index (χ4n) is 1.84. The summed E-state index contributed by atoms with van der Waals surface area (Å²) in [7, 11) is 0. The molecule has 0 amide bonds. The largest absolute Gasteiger partial charge is 0.478 e. The van der Waals surface area contributed by atoms with Crippen LogP contribution in [0.5, 0.6) is 0 Å². The molecule has 18 heavy (non-hydrogen) atoms. The molecule has 0 aliphatic heterocycles. The van der Waals surface area contributed by atoms with Gasteiger partial charge in [0, 0.05) is 5.69 Å². The summed E-state index contributed by atoms with van der Waals surface area (Å²) in [5.41, 5.74) is 1.91. The van der Waals surface area contributed by atoms with Crippen molar-refractivity contribution in [2.75, 3.05) is 11.9 Å². The number of aliphatic hydroxyl groups excluding tert-OH is 1. The molecule has 0 aliphatic rings. The Morgan fingerprint density at radius 3 is 2.50 bits per heavy atom. The van der Waals surface area contributed by atoms with Crippen molar-refractivity contribution in [3.8, 4) is 0 Å². The average molecular weight is 252 g/mol. The van der Waals surface area contributed by atoms with Crippen LogP contribution in [0.1, 0.15) is 35.6 Å². The van der Waals surface area contributed by atoms with Crippen molar-refractivity contribution in [3.63, 3.8) is 0 Å². The maximum absolute atomic E-state index is 11.3. The third-order valence-corrected chi connectivity index (χ3v) is 2.88. The highest BCUT2D eigenvalue weighted by Gasteiger charge is 2.19. The predicted octanol–water partition coefficient (Wildman–Crippen LogP) is 1.83. The van der Waals surface area contributed by atoms with Crippen molar-refractivity contribution in [2.45, 2.75) is 33.7 Å². The SMILES string of the molecule is Cc1cc(NC(CO)C(C)C)c(C(=O)O)c(C)n1. The first kappa shape index (κ1) is 14.4. The number of carboxylic acids is 1. The third kappa shape index (κ3) is 3.20. The van der Waals surface area contributed by atoms with Crippen LogP contribution in [-0.4, -0.2) is 33.8 Å². The van der Waals surface area contributed by atoms with Crippen molar-refractivity contribution in [1.82, 2.24) is 4.98 Å². The van der Waals surface area contributed by atoms with Crippen molar-refractivity contribution in [1.29, 1.82) is 0 Å². The topological polar surface area (TPSA) is 82.5 Å². The third-order valence-electron chi connectivity index (χ3n) is 2.88. The smallest absolute Gasteiger partial charge is 0.339 e. The number of aromatic carboxylic acids is 1. The lowest BCUT2D eigenvalue weighted by atomic mass is 10.0. The molecule has 0 aromatic carbocycles. The molecule has 0 aliphatic carbocycles. The standard InChI is InChI=1S/C13H20N2O3/c1-7(2)11(6-16)15-10-5-8(3)14-9(4)12(10)13(17)18/h5,7,11,16H,6H2,1-4H3,(H,14,15)(H,17,18). The van der Waals surface area contributed by atoms with Gasteiger partial charge in [-0.15, -0.1) is 0 Å². The number of carbonyl (C=O) groups is 1. The van der Waals surface area contributed by atoms with Gasteiger partial charge in [0.05, 0.1) is 24.0 Å². The summed E-state index contributed by atoms with van der Waals surface area (Å²) in [5, 5.41) is 21.6. The molecule has 1 rings (SSSR count). The van der Waals surface area contributed by atoms with Crippen LogP contribution in [0.2, 0.25) is 0 Å². The first-order valence-electron chi connectivity index (χ1n) is 5.95. The summed E-state index contributed by atoms with van der Waals surface area (Å²) in [4.78, 5) is 15.4. The number of rotatable bonds is 5. The van der Waals surface area contributed by atoms with E-state index in [1.165, 1.54) is 0 Å². The number of aromatic nitrogens is 1. The minimum absolute atomic E-state index is 0.0445. The molecule has 0 radical (unpaired) electrons. The van der Waals surface area contributed by atoms with Crippen LogP contribution in [0.25, 0.3) is 0 Å². The minimum Gasteiger partial charge on any atom is -0.478 e. The van der Waals surface area contributed by atoms with Crippen molar-refractivity contribution >= 4 is 11.7 Å². The Morgan fingerprint density at radius 2 is 2.06 bits per heavy atom. The molecular weight excluding hydrogens is 232 g/mol. The van der Waals surface area contributed by atoms with Crippen LogP contribution in [0.4, 0.5) is 5.69 Å². The fraction of sp³-hybridized carbons (Fsp3) is 0.538. The van der Waals surface area contributed by atoms with Gasteiger partial charge in [0.15, 0.2) is 0 Å². The lowest BCUT2D eigenvalue weighted by Gasteiger charge is -2.23. The monoisotopic (exact) mass is 252 g/mol. The molecular formula is C13H20N2O3. The summed E-state index contributed by atoms with van der Waals surface area (Å²) >= 11 is 0. The van der Waals surface area contributed by atoms with E-state index in [4.69, 9.17) is 0 Å². The van der Waals surface area contributed by atoms with Crippen LogP contribution in [0.3, 0.4) is 0 Å². The fourth-order valence-corrected chi connectivity index (χ4v) is 1.84. The van der Waals surface area contributed by atoms with Crippen LogP contribution in [0.15, 0.2) is 6.07 Å². The average Bonchev–Trinajstić information content (AvgIpc) is 2.23. The van der Waals surface area contributed by atoms with Gasteiger partial charge in [0.2, 0.25) is 0 Å². The summed E-state index contributed by atoms with van der Waals surface area (Å²) in [6.45, 7) is 7.37. The van der Waals surface area contributed by atoms with Crippen LogP contribution < -0.4 is 5.32 Å². The van der Waals surface area contributed by atoms with Crippen LogP contribution in [0, 0.1) is 19.8 Å². The van der Waals surface area contributed by atoms with Gasteiger partial charge in [0.25, 0.3) is 0 Å². The number of aliphatic hydroxyl groups is 1. The zero-order valence-electron chi connectivity index (χ0n) is 11.2. The lowest BCUT2D eigenvalue weighted by molar-refractivity contribution is 0.0696. The molecule has 5 nitrogen and oxygen atoms in total. The molecule has 0 fully saturated rings. The highest BCUT2D eigenvalue weighted by molar-refractivity contribution is 5.95. The molecule has 3 N–H and O–H groups in total. The van der Waals surface area contributed by atoms with Gasteiger partial charge < -0.3 is 15.5 Å². The second kappa shape index (κ2) is 5.82. The number of nitrogens with zero attached hydrogens (tertiary/aromatic N) is 1. The van der Waals surface area contributed by atoms with E-state index in [0.29, 0.717) is 11.4 Å². The second-order valence-electron chi connectivity index (χ2n) is 4.75. The molecule has 0 saturated carbocycles. The van der Waals surface area contributed by atoms with E-state index in [1.807, 2.05) is 20.8 Å². The van der Waals surface area contributed by atoms with E-state index in [1.54, 1.807) is 13.0 Å². The second-order valence-corrected chi connectivity index (χ2v) is 4.75. The number of hydrogen-bond acceptors (Lipinski definition) is 4. The molecule has 5 heteroatoms. The summed E-state index contributed by atoms with van der Waals surface area (Å²) in [6.07, 6.45) is 0. The number of hydrogen-bond donors (Lipinski definition) is 3. The van der Waals surface area contributed by atoms with Crippen molar-refractivity contribution in [3.05, 3.63) is 23.0 Å². The molecule has 1 aromatic rings.